The summed E-state index contributed by atoms with van der Waals surface area (Å²) in [6.45, 7) is 4.08. The molecular weight excluding hydrogens is 664 g/mol. The SMILES string of the molecule is O=C(CCC(C(=O)C(=O)OCc1ccccc1)N1Cc2c(OCc3ccc(CN4CCOCC4)cc3)cccc2C1=O)C(=O)OCc1ccccc1. The summed E-state index contributed by atoms with van der Waals surface area (Å²) >= 11 is 0. The van der Waals surface area contributed by atoms with Gasteiger partial charge in [0.2, 0.25) is 5.78 Å². The molecule has 0 aromatic heterocycles. The number of ether oxygens (including phenoxy) is 4. The Bertz CT molecular complexity index is 1870. The Balaban J connectivity index is 1.12. The minimum atomic E-state index is -1.37. The van der Waals surface area contributed by atoms with Gasteiger partial charge in [0.25, 0.3) is 11.7 Å². The van der Waals surface area contributed by atoms with Crippen LogP contribution >= 0.6 is 0 Å². The Morgan fingerprint density at radius 2 is 1.27 bits per heavy atom. The van der Waals surface area contributed by atoms with Gasteiger partial charge in [0.05, 0.1) is 19.8 Å². The Morgan fingerprint density at radius 1 is 0.673 bits per heavy atom. The number of rotatable bonds is 16. The lowest BCUT2D eigenvalue weighted by Crippen LogP contribution is -2.45. The molecule has 1 unspecified atom stereocenters. The zero-order valence-corrected chi connectivity index (χ0v) is 28.7. The van der Waals surface area contributed by atoms with Gasteiger partial charge in [0.1, 0.15) is 31.6 Å². The van der Waals surface area contributed by atoms with Crippen molar-refractivity contribution in [1.29, 1.82) is 0 Å². The average molecular weight is 705 g/mol. The van der Waals surface area contributed by atoms with Gasteiger partial charge in [-0.25, -0.2) is 9.59 Å². The number of hydrogen-bond donors (Lipinski definition) is 0. The van der Waals surface area contributed by atoms with E-state index in [1.165, 1.54) is 10.5 Å². The molecule has 1 saturated heterocycles. The van der Waals surface area contributed by atoms with Gasteiger partial charge in [0, 0.05) is 37.2 Å². The van der Waals surface area contributed by atoms with Crippen LogP contribution in [0.4, 0.5) is 0 Å². The van der Waals surface area contributed by atoms with Crippen molar-refractivity contribution in [2.75, 3.05) is 26.3 Å². The lowest BCUT2D eigenvalue weighted by atomic mass is 10.0. The van der Waals surface area contributed by atoms with Crippen molar-refractivity contribution in [1.82, 2.24) is 9.80 Å². The van der Waals surface area contributed by atoms with Crippen LogP contribution in [0.3, 0.4) is 0 Å². The van der Waals surface area contributed by atoms with Gasteiger partial charge in [-0.2, -0.15) is 0 Å². The molecule has 4 aromatic rings. The van der Waals surface area contributed by atoms with Crippen molar-refractivity contribution in [3.8, 4) is 5.75 Å². The topological polar surface area (TPSA) is 129 Å². The molecule has 0 radical (unpaired) electrons. The molecule has 1 fully saturated rings. The number of Topliss-reactive ketones (excluding diaryl/α,β-unsaturated/α-hetero) is 2. The molecule has 52 heavy (non-hydrogen) atoms. The van der Waals surface area contributed by atoms with Crippen molar-refractivity contribution in [2.24, 2.45) is 0 Å². The fourth-order valence-corrected chi connectivity index (χ4v) is 6.16. The van der Waals surface area contributed by atoms with Gasteiger partial charge in [-0.05, 0) is 40.8 Å². The molecule has 2 heterocycles. The first kappa shape index (κ1) is 36.2. The van der Waals surface area contributed by atoms with E-state index in [0.29, 0.717) is 28.0 Å². The molecule has 11 nitrogen and oxygen atoms in total. The number of carbonyl (C=O) groups excluding carboxylic acids is 5. The predicted octanol–water partition coefficient (Wildman–Crippen LogP) is 4.83. The number of esters is 2. The number of hydrogen-bond acceptors (Lipinski definition) is 10. The average Bonchev–Trinajstić information content (AvgIpc) is 3.52. The number of benzene rings is 4. The summed E-state index contributed by atoms with van der Waals surface area (Å²) in [7, 11) is 0. The van der Waals surface area contributed by atoms with Crippen LogP contribution in [0.5, 0.6) is 5.75 Å². The highest BCUT2D eigenvalue weighted by Crippen LogP contribution is 2.34. The summed E-state index contributed by atoms with van der Waals surface area (Å²) in [4.78, 5) is 69.5. The molecule has 0 saturated carbocycles. The molecule has 4 aromatic carbocycles. The maximum Gasteiger partial charge on any atom is 0.377 e. The van der Waals surface area contributed by atoms with Gasteiger partial charge in [-0.1, -0.05) is 91.0 Å². The molecule has 1 atom stereocenters. The second-order valence-electron chi connectivity index (χ2n) is 12.7. The summed E-state index contributed by atoms with van der Waals surface area (Å²) in [5.74, 6) is -4.13. The smallest absolute Gasteiger partial charge is 0.377 e. The quantitative estimate of drug-likeness (QED) is 0.118. The first-order chi connectivity index (χ1) is 25.4. The number of morpholine rings is 1. The summed E-state index contributed by atoms with van der Waals surface area (Å²) in [5, 5.41) is 0. The van der Waals surface area contributed by atoms with E-state index in [1.54, 1.807) is 66.7 Å². The summed E-state index contributed by atoms with van der Waals surface area (Å²) in [6, 6.07) is 29.6. The first-order valence-corrected chi connectivity index (χ1v) is 17.3. The van der Waals surface area contributed by atoms with Crippen molar-refractivity contribution in [3.05, 3.63) is 137 Å². The minimum absolute atomic E-state index is 0.0438. The highest BCUT2D eigenvalue weighted by molar-refractivity contribution is 6.37. The standard InChI is InChI=1S/C41H40N2O9/c44-36(40(47)51-27-30-8-3-1-4-9-30)19-18-35(38(45)41(48)52-28-31-10-5-2-6-11-31)43-25-34-33(39(43)46)12-7-13-37(34)50-26-32-16-14-29(15-17-32)24-42-20-22-49-23-21-42/h1-17,35H,18-28H2. The Labute approximate surface area is 302 Å². The number of carbonyl (C=O) groups is 5. The zero-order chi connectivity index (χ0) is 36.3. The summed E-state index contributed by atoms with van der Waals surface area (Å²) < 4.78 is 22.1. The maximum absolute atomic E-state index is 13.8. The molecule has 0 spiro atoms. The molecule has 0 bridgehead atoms. The molecule has 1 amide bonds. The van der Waals surface area contributed by atoms with E-state index in [2.05, 4.69) is 17.0 Å². The third-order valence-corrected chi connectivity index (χ3v) is 9.06. The van der Waals surface area contributed by atoms with E-state index in [4.69, 9.17) is 18.9 Å². The van der Waals surface area contributed by atoms with Crippen molar-refractivity contribution in [2.45, 2.75) is 51.8 Å². The summed E-state index contributed by atoms with van der Waals surface area (Å²) in [5.41, 5.74) is 4.39. The normalized spacial score (nSPS) is 14.7. The monoisotopic (exact) mass is 704 g/mol. The lowest BCUT2D eigenvalue weighted by Gasteiger charge is -2.26. The van der Waals surface area contributed by atoms with Crippen LogP contribution in [0.1, 0.15) is 51.0 Å². The van der Waals surface area contributed by atoms with Crippen LogP contribution in [-0.4, -0.2) is 71.6 Å². The van der Waals surface area contributed by atoms with Crippen molar-refractivity contribution in [3.63, 3.8) is 0 Å². The van der Waals surface area contributed by atoms with E-state index in [9.17, 15) is 24.0 Å². The van der Waals surface area contributed by atoms with Crippen LogP contribution < -0.4 is 4.74 Å². The Hall–Kier alpha value is -5.65. The van der Waals surface area contributed by atoms with Crippen molar-refractivity contribution < 1.29 is 42.9 Å². The molecular formula is C41H40N2O9. The molecule has 2 aliphatic rings. The van der Waals surface area contributed by atoms with E-state index in [1.807, 2.05) is 24.3 Å². The van der Waals surface area contributed by atoms with Crippen LogP contribution in [0, 0.1) is 0 Å². The lowest BCUT2D eigenvalue weighted by molar-refractivity contribution is -0.157. The maximum atomic E-state index is 13.8. The third kappa shape index (κ3) is 9.36. The number of fused-ring (bicyclic) bond motifs is 1. The summed E-state index contributed by atoms with van der Waals surface area (Å²) in [6.07, 6.45) is -0.716. The highest BCUT2D eigenvalue weighted by atomic mass is 16.5. The van der Waals surface area contributed by atoms with Gasteiger partial charge in [-0.15, -0.1) is 0 Å². The molecule has 268 valence electrons. The van der Waals surface area contributed by atoms with E-state index >= 15 is 0 Å². The molecule has 6 rings (SSSR count). The van der Waals surface area contributed by atoms with E-state index < -0.39 is 41.9 Å². The van der Waals surface area contributed by atoms with Gasteiger partial charge in [-0.3, -0.25) is 19.3 Å². The van der Waals surface area contributed by atoms with Crippen LogP contribution in [0.2, 0.25) is 0 Å². The van der Waals surface area contributed by atoms with Crippen molar-refractivity contribution >= 4 is 29.4 Å². The fourth-order valence-electron chi connectivity index (χ4n) is 6.16. The van der Waals surface area contributed by atoms with Gasteiger partial charge in [0.15, 0.2) is 0 Å². The molecule has 0 aliphatic carbocycles. The molecule has 2 aliphatic heterocycles. The first-order valence-electron chi connectivity index (χ1n) is 17.3. The Kier molecular flexibility index (Phi) is 12.2. The number of amides is 1. The second kappa shape index (κ2) is 17.5. The Morgan fingerprint density at radius 3 is 1.92 bits per heavy atom. The number of ketones is 2. The van der Waals surface area contributed by atoms with E-state index in [-0.39, 0.29) is 32.8 Å². The molecule has 11 heteroatoms. The van der Waals surface area contributed by atoms with Crippen LogP contribution in [-0.2, 0) is 66.3 Å². The zero-order valence-electron chi connectivity index (χ0n) is 28.7. The van der Waals surface area contributed by atoms with E-state index in [0.717, 1.165) is 38.4 Å². The largest absolute Gasteiger partial charge is 0.489 e. The van der Waals surface area contributed by atoms with Gasteiger partial charge < -0.3 is 23.8 Å². The number of nitrogens with zero attached hydrogens (tertiary/aromatic N) is 2. The van der Waals surface area contributed by atoms with Crippen LogP contribution in [0.15, 0.2) is 103 Å². The fraction of sp³-hybridized carbons (Fsp3) is 0.293. The van der Waals surface area contributed by atoms with Gasteiger partial charge >= 0.3 is 11.9 Å². The minimum Gasteiger partial charge on any atom is -0.489 e. The molecule has 0 N–H and O–H groups in total. The second-order valence-corrected chi connectivity index (χ2v) is 12.7. The van der Waals surface area contributed by atoms with Crippen LogP contribution in [0.25, 0.3) is 0 Å². The highest BCUT2D eigenvalue weighted by Gasteiger charge is 2.41. The third-order valence-electron chi connectivity index (χ3n) is 9.06. The predicted molar refractivity (Wildman–Crippen MR) is 189 cm³/mol.